The summed E-state index contributed by atoms with van der Waals surface area (Å²) >= 11 is 1.54. The summed E-state index contributed by atoms with van der Waals surface area (Å²) in [4.78, 5) is 36.7. The fraction of sp³-hybridized carbons (Fsp3) is 0.400. The van der Waals surface area contributed by atoms with Gasteiger partial charge in [0.1, 0.15) is 18.7 Å². The number of carbonyl (C=O) groups is 3. The molecule has 8 heteroatoms. The molecule has 3 N–H and O–H groups in total. The van der Waals surface area contributed by atoms with E-state index in [0.717, 1.165) is 22.3 Å². The predicted molar refractivity (Wildman–Crippen MR) is 129 cm³/mol. The number of fused-ring (bicyclic) bond motifs is 3. The van der Waals surface area contributed by atoms with Gasteiger partial charge in [0.25, 0.3) is 0 Å². The van der Waals surface area contributed by atoms with Crippen LogP contribution in [0.2, 0.25) is 0 Å². The van der Waals surface area contributed by atoms with Crippen LogP contribution < -0.4 is 10.6 Å². The Morgan fingerprint density at radius 2 is 1.58 bits per heavy atom. The molecule has 2 aromatic rings. The van der Waals surface area contributed by atoms with Crippen molar-refractivity contribution in [3.8, 4) is 11.1 Å². The number of carbonyl (C=O) groups excluding carboxylic acids is 2. The number of nitrogens with one attached hydrogen (secondary N) is 2. The third-order valence-corrected chi connectivity index (χ3v) is 6.40. The highest BCUT2D eigenvalue weighted by Gasteiger charge is 2.30. The number of alkyl carbamates (subject to hydrolysis) is 1. The molecule has 0 aliphatic heterocycles. The van der Waals surface area contributed by atoms with E-state index in [9.17, 15) is 19.5 Å². The molecule has 2 aromatic carbocycles. The summed E-state index contributed by atoms with van der Waals surface area (Å²) in [5, 5.41) is 14.5. The Kier molecular flexibility index (Phi) is 8.77. The molecule has 0 heterocycles. The van der Waals surface area contributed by atoms with Crippen molar-refractivity contribution in [2.24, 2.45) is 0 Å². The molecule has 176 valence electrons. The summed E-state index contributed by atoms with van der Waals surface area (Å²) in [6.07, 6.45) is 2.52. The van der Waals surface area contributed by atoms with Crippen molar-refractivity contribution in [2.75, 3.05) is 18.6 Å². The van der Waals surface area contributed by atoms with Gasteiger partial charge in [-0.25, -0.2) is 9.59 Å². The van der Waals surface area contributed by atoms with Gasteiger partial charge in [-0.05, 0) is 47.1 Å². The minimum absolute atomic E-state index is 0.0810. The van der Waals surface area contributed by atoms with E-state index in [1.165, 1.54) is 11.8 Å². The van der Waals surface area contributed by atoms with Gasteiger partial charge in [0.2, 0.25) is 5.91 Å². The van der Waals surface area contributed by atoms with E-state index >= 15 is 0 Å². The molecule has 2 unspecified atom stereocenters. The molecule has 2 amide bonds. The number of carboxylic acids is 1. The van der Waals surface area contributed by atoms with Gasteiger partial charge >= 0.3 is 12.1 Å². The molecule has 1 aliphatic rings. The maximum Gasteiger partial charge on any atom is 0.407 e. The normalized spacial score (nSPS) is 14.0. The lowest BCUT2D eigenvalue weighted by Crippen LogP contribution is -2.52. The number of hydrogen-bond donors (Lipinski definition) is 3. The Morgan fingerprint density at radius 3 is 2.12 bits per heavy atom. The number of aliphatic carboxylic acids is 1. The number of rotatable bonds is 11. The van der Waals surface area contributed by atoms with Gasteiger partial charge in [0, 0.05) is 5.92 Å². The van der Waals surface area contributed by atoms with Crippen molar-refractivity contribution in [1.29, 1.82) is 0 Å². The molecule has 3 rings (SSSR count). The van der Waals surface area contributed by atoms with E-state index in [1.807, 2.05) is 49.6 Å². The molecule has 0 aromatic heterocycles. The maximum absolute atomic E-state index is 12.7. The maximum atomic E-state index is 12.7. The van der Waals surface area contributed by atoms with E-state index in [2.05, 4.69) is 22.8 Å². The second kappa shape index (κ2) is 11.7. The SMILES string of the molecule is CCCC(NC(=O)C(CCSC)NC(=O)OCC1c2ccccc2-c2ccccc21)C(=O)O. The van der Waals surface area contributed by atoms with Crippen LogP contribution in [0.3, 0.4) is 0 Å². The van der Waals surface area contributed by atoms with Crippen LogP contribution in [-0.4, -0.2) is 53.8 Å². The number of amides is 2. The summed E-state index contributed by atoms with van der Waals surface area (Å²) in [6, 6.07) is 14.3. The largest absolute Gasteiger partial charge is 0.480 e. The van der Waals surface area contributed by atoms with Crippen molar-refractivity contribution in [3.05, 3.63) is 59.7 Å². The first-order valence-electron chi connectivity index (χ1n) is 11.1. The van der Waals surface area contributed by atoms with Crippen LogP contribution in [0.5, 0.6) is 0 Å². The third kappa shape index (κ3) is 6.07. The standard InChI is InChI=1S/C25H30N2O5S/c1-3-8-22(24(29)30)26-23(28)21(13-14-33-2)27-25(31)32-15-20-18-11-6-4-9-16(18)17-10-5-7-12-19(17)20/h4-7,9-12,20-22H,3,8,13-15H2,1-2H3,(H,26,28)(H,27,31)(H,29,30). The number of benzene rings is 2. The Bertz CT molecular complexity index is 951. The van der Waals surface area contributed by atoms with Gasteiger partial charge in [0.15, 0.2) is 0 Å². The second-order valence-corrected chi connectivity index (χ2v) is 8.98. The smallest absolute Gasteiger partial charge is 0.407 e. The van der Waals surface area contributed by atoms with Crippen molar-refractivity contribution >= 4 is 29.7 Å². The van der Waals surface area contributed by atoms with E-state index in [-0.39, 0.29) is 12.5 Å². The number of thioether (sulfide) groups is 1. The molecule has 0 spiro atoms. The number of ether oxygens (including phenoxy) is 1. The first-order chi connectivity index (χ1) is 16.0. The average Bonchev–Trinajstić information content (AvgIpc) is 3.13. The molecule has 0 fully saturated rings. The summed E-state index contributed by atoms with van der Waals surface area (Å²) in [5.74, 6) is -1.05. The first-order valence-corrected chi connectivity index (χ1v) is 12.5. The average molecular weight is 471 g/mol. The van der Waals surface area contributed by atoms with Crippen molar-refractivity contribution < 1.29 is 24.2 Å². The lowest BCUT2D eigenvalue weighted by Gasteiger charge is -2.21. The molecular formula is C25H30N2O5S. The van der Waals surface area contributed by atoms with Gasteiger partial charge in [-0.3, -0.25) is 4.79 Å². The van der Waals surface area contributed by atoms with Crippen LogP contribution in [0.25, 0.3) is 11.1 Å². The van der Waals surface area contributed by atoms with Crippen molar-refractivity contribution in [3.63, 3.8) is 0 Å². The predicted octanol–water partition coefficient (Wildman–Crippen LogP) is 4.02. The summed E-state index contributed by atoms with van der Waals surface area (Å²) in [5.41, 5.74) is 4.48. The van der Waals surface area contributed by atoms with Crippen molar-refractivity contribution in [1.82, 2.24) is 10.6 Å². The van der Waals surface area contributed by atoms with Crippen LogP contribution in [0.4, 0.5) is 4.79 Å². The van der Waals surface area contributed by atoms with Gasteiger partial charge in [-0.1, -0.05) is 61.9 Å². The second-order valence-electron chi connectivity index (χ2n) is 7.99. The topological polar surface area (TPSA) is 105 Å². The highest BCUT2D eigenvalue weighted by molar-refractivity contribution is 7.98. The fourth-order valence-corrected chi connectivity index (χ4v) is 4.58. The lowest BCUT2D eigenvalue weighted by atomic mass is 9.98. The van der Waals surface area contributed by atoms with Crippen LogP contribution in [0.15, 0.2) is 48.5 Å². The lowest BCUT2D eigenvalue weighted by molar-refractivity contribution is -0.142. The minimum atomic E-state index is -1.09. The molecule has 1 aliphatic carbocycles. The molecule has 33 heavy (non-hydrogen) atoms. The van der Waals surface area contributed by atoms with Crippen molar-refractivity contribution in [2.45, 2.75) is 44.2 Å². The summed E-state index contributed by atoms with van der Waals surface area (Å²) in [6.45, 7) is 1.99. The molecule has 0 radical (unpaired) electrons. The van der Waals surface area contributed by atoms with Crippen LogP contribution in [0.1, 0.15) is 43.2 Å². The Labute approximate surface area is 198 Å². The molecule has 2 atom stereocenters. The van der Waals surface area contributed by atoms with Crippen LogP contribution >= 0.6 is 11.8 Å². The fourth-order valence-electron chi connectivity index (χ4n) is 4.11. The van der Waals surface area contributed by atoms with E-state index in [0.29, 0.717) is 25.0 Å². The third-order valence-electron chi connectivity index (χ3n) is 5.75. The van der Waals surface area contributed by atoms with Crippen LogP contribution in [-0.2, 0) is 14.3 Å². The van der Waals surface area contributed by atoms with Gasteiger partial charge < -0.3 is 20.5 Å². The zero-order valence-electron chi connectivity index (χ0n) is 18.9. The highest BCUT2D eigenvalue weighted by Crippen LogP contribution is 2.44. The van der Waals surface area contributed by atoms with Gasteiger partial charge in [0.05, 0.1) is 0 Å². The Hall–Kier alpha value is -3.00. The first kappa shape index (κ1) is 24.6. The minimum Gasteiger partial charge on any atom is -0.480 e. The Balaban J connectivity index is 1.65. The number of carboxylic acid groups (broad SMARTS) is 1. The molecule has 0 saturated heterocycles. The summed E-state index contributed by atoms with van der Waals surface area (Å²) in [7, 11) is 0. The van der Waals surface area contributed by atoms with E-state index in [4.69, 9.17) is 4.74 Å². The van der Waals surface area contributed by atoms with E-state index < -0.39 is 30.1 Å². The zero-order valence-corrected chi connectivity index (χ0v) is 19.7. The monoisotopic (exact) mass is 470 g/mol. The molecule has 0 bridgehead atoms. The van der Waals surface area contributed by atoms with Gasteiger partial charge in [-0.2, -0.15) is 11.8 Å². The number of hydrogen-bond acceptors (Lipinski definition) is 5. The van der Waals surface area contributed by atoms with Gasteiger partial charge in [-0.15, -0.1) is 0 Å². The molecule has 7 nitrogen and oxygen atoms in total. The quantitative estimate of drug-likeness (QED) is 0.458. The van der Waals surface area contributed by atoms with E-state index in [1.54, 1.807) is 0 Å². The Morgan fingerprint density at radius 1 is 0.970 bits per heavy atom. The summed E-state index contributed by atoms with van der Waals surface area (Å²) < 4.78 is 5.55. The zero-order chi connectivity index (χ0) is 23.8. The van der Waals surface area contributed by atoms with Crippen LogP contribution in [0, 0.1) is 0 Å². The highest BCUT2D eigenvalue weighted by atomic mass is 32.2. The molecule has 0 saturated carbocycles. The molecular weight excluding hydrogens is 440 g/mol.